The number of carbonyl (C=O) groups is 1. The number of nitrogens with one attached hydrogen (secondary N) is 1. The monoisotopic (exact) mass is 269 g/mol. The average molecular weight is 269 g/mol. The molecular weight excluding hydrogens is 242 g/mol. The van der Waals surface area contributed by atoms with Gasteiger partial charge in [-0.15, -0.1) is 0 Å². The molecule has 19 heavy (non-hydrogen) atoms. The van der Waals surface area contributed by atoms with Gasteiger partial charge in [0.25, 0.3) is 0 Å². The Kier molecular flexibility index (Phi) is 4.51. The van der Waals surface area contributed by atoms with Gasteiger partial charge in [-0.2, -0.15) is 0 Å². The highest BCUT2D eigenvalue weighted by molar-refractivity contribution is 5.79. The highest BCUT2D eigenvalue weighted by atomic mass is 16.5. The predicted octanol–water partition coefficient (Wildman–Crippen LogP) is 1.86. The largest absolute Gasteiger partial charge is 0.396 e. The molecule has 1 aliphatic heterocycles. The molecule has 0 bridgehead atoms. The number of aliphatic hydroxyl groups excluding tert-OH is 1. The second-order valence-corrected chi connectivity index (χ2v) is 6.69. The van der Waals surface area contributed by atoms with Crippen LogP contribution in [0.15, 0.2) is 0 Å². The first-order chi connectivity index (χ1) is 8.94. The topological polar surface area (TPSA) is 58.6 Å². The summed E-state index contributed by atoms with van der Waals surface area (Å²) >= 11 is 0. The molecule has 1 saturated carbocycles. The van der Waals surface area contributed by atoms with Crippen LogP contribution in [-0.4, -0.2) is 35.9 Å². The van der Waals surface area contributed by atoms with Crippen LogP contribution in [0, 0.1) is 11.3 Å². The molecule has 1 saturated heterocycles. The summed E-state index contributed by atoms with van der Waals surface area (Å²) < 4.78 is 5.68. The molecule has 0 aromatic carbocycles. The number of ether oxygens (including phenoxy) is 1. The minimum absolute atomic E-state index is 0.0577. The summed E-state index contributed by atoms with van der Waals surface area (Å²) in [4.78, 5) is 12.4. The zero-order valence-electron chi connectivity index (χ0n) is 12.3. The van der Waals surface area contributed by atoms with Gasteiger partial charge >= 0.3 is 0 Å². The fraction of sp³-hybridized carbons (Fsp3) is 0.933. The van der Waals surface area contributed by atoms with E-state index >= 15 is 0 Å². The molecule has 4 nitrogen and oxygen atoms in total. The Bertz CT molecular complexity index is 323. The molecule has 1 heterocycles. The van der Waals surface area contributed by atoms with Gasteiger partial charge in [0.05, 0.1) is 18.8 Å². The van der Waals surface area contributed by atoms with Crippen molar-refractivity contribution in [1.29, 1.82) is 0 Å². The van der Waals surface area contributed by atoms with Gasteiger partial charge in [-0.25, -0.2) is 0 Å². The number of hydrogen-bond donors (Lipinski definition) is 2. The van der Waals surface area contributed by atoms with Crippen molar-refractivity contribution < 1.29 is 14.6 Å². The molecule has 0 aromatic rings. The third kappa shape index (κ3) is 3.29. The number of hydrogen-bond acceptors (Lipinski definition) is 3. The maximum absolute atomic E-state index is 12.4. The van der Waals surface area contributed by atoms with Crippen molar-refractivity contribution in [2.75, 3.05) is 6.61 Å². The second-order valence-electron chi connectivity index (χ2n) is 6.69. The molecule has 1 aliphatic carbocycles. The minimum Gasteiger partial charge on any atom is -0.396 e. The van der Waals surface area contributed by atoms with Crippen LogP contribution in [0.4, 0.5) is 0 Å². The van der Waals surface area contributed by atoms with Crippen molar-refractivity contribution >= 4 is 5.91 Å². The lowest BCUT2D eigenvalue weighted by molar-refractivity contribution is -0.134. The molecule has 2 fully saturated rings. The van der Waals surface area contributed by atoms with Gasteiger partial charge in [0.1, 0.15) is 0 Å². The molecule has 4 atom stereocenters. The standard InChI is InChI=1S/C15H27NO3/c1-10-7-12(8-11(2)19-10)14(18)16-13-5-4-6-15(13,3)9-17/h10-13,17H,4-9H2,1-3H3,(H,16,18). The predicted molar refractivity (Wildman–Crippen MR) is 73.7 cm³/mol. The summed E-state index contributed by atoms with van der Waals surface area (Å²) in [7, 11) is 0. The molecule has 110 valence electrons. The first kappa shape index (κ1) is 14.8. The summed E-state index contributed by atoms with van der Waals surface area (Å²) in [6.07, 6.45) is 4.99. The molecule has 4 unspecified atom stereocenters. The molecule has 2 rings (SSSR count). The van der Waals surface area contributed by atoms with Gasteiger partial charge in [-0.05, 0) is 39.5 Å². The summed E-state index contributed by atoms with van der Waals surface area (Å²) in [5.41, 5.74) is -0.141. The molecular formula is C15H27NO3. The molecule has 2 aliphatic rings. The van der Waals surface area contributed by atoms with E-state index in [1.165, 1.54) is 0 Å². The minimum atomic E-state index is -0.141. The van der Waals surface area contributed by atoms with Crippen LogP contribution in [0.25, 0.3) is 0 Å². The smallest absolute Gasteiger partial charge is 0.223 e. The van der Waals surface area contributed by atoms with Gasteiger partial charge in [-0.3, -0.25) is 4.79 Å². The van der Waals surface area contributed by atoms with Crippen LogP contribution in [0.1, 0.15) is 52.9 Å². The highest BCUT2D eigenvalue weighted by Gasteiger charge is 2.40. The Labute approximate surface area is 115 Å². The Hall–Kier alpha value is -0.610. The third-order valence-electron chi connectivity index (χ3n) is 4.83. The highest BCUT2D eigenvalue weighted by Crippen LogP contribution is 2.38. The zero-order chi connectivity index (χ0) is 14.0. The fourth-order valence-electron chi connectivity index (χ4n) is 3.58. The van der Waals surface area contributed by atoms with E-state index in [0.717, 1.165) is 32.1 Å². The van der Waals surface area contributed by atoms with Crippen LogP contribution < -0.4 is 5.32 Å². The van der Waals surface area contributed by atoms with Crippen molar-refractivity contribution in [2.45, 2.75) is 71.1 Å². The summed E-state index contributed by atoms with van der Waals surface area (Å²) in [5, 5.41) is 12.7. The van der Waals surface area contributed by atoms with Crippen LogP contribution in [-0.2, 0) is 9.53 Å². The molecule has 0 radical (unpaired) electrons. The summed E-state index contributed by atoms with van der Waals surface area (Å²) in [6, 6.07) is 0.124. The summed E-state index contributed by atoms with van der Waals surface area (Å²) in [6.45, 7) is 6.28. The quantitative estimate of drug-likeness (QED) is 0.822. The average Bonchev–Trinajstić information content (AvgIpc) is 2.70. The second kappa shape index (κ2) is 5.80. The lowest BCUT2D eigenvalue weighted by atomic mass is 9.84. The van der Waals surface area contributed by atoms with Crippen molar-refractivity contribution in [3.05, 3.63) is 0 Å². The van der Waals surface area contributed by atoms with Crippen LogP contribution in [0.2, 0.25) is 0 Å². The lowest BCUT2D eigenvalue weighted by Crippen LogP contribution is -2.48. The third-order valence-corrected chi connectivity index (χ3v) is 4.83. The zero-order valence-corrected chi connectivity index (χ0v) is 12.3. The maximum Gasteiger partial charge on any atom is 0.223 e. The van der Waals surface area contributed by atoms with E-state index in [1.807, 2.05) is 13.8 Å². The van der Waals surface area contributed by atoms with Gasteiger partial charge in [0, 0.05) is 17.4 Å². The van der Waals surface area contributed by atoms with Crippen molar-refractivity contribution in [3.8, 4) is 0 Å². The lowest BCUT2D eigenvalue weighted by Gasteiger charge is -2.35. The Balaban J connectivity index is 1.93. The van der Waals surface area contributed by atoms with E-state index in [0.29, 0.717) is 0 Å². The van der Waals surface area contributed by atoms with Crippen LogP contribution in [0.5, 0.6) is 0 Å². The van der Waals surface area contributed by atoms with Crippen molar-refractivity contribution in [2.24, 2.45) is 11.3 Å². The molecule has 0 spiro atoms. The van der Waals surface area contributed by atoms with Gasteiger partial charge in [0.15, 0.2) is 0 Å². The maximum atomic E-state index is 12.4. The van der Waals surface area contributed by atoms with E-state index in [4.69, 9.17) is 4.74 Å². The Morgan fingerprint density at radius 2 is 2.00 bits per heavy atom. The molecule has 1 amide bonds. The number of aliphatic hydroxyl groups is 1. The Morgan fingerprint density at radius 1 is 1.37 bits per heavy atom. The molecule has 4 heteroatoms. The Morgan fingerprint density at radius 3 is 2.58 bits per heavy atom. The van der Waals surface area contributed by atoms with E-state index < -0.39 is 0 Å². The first-order valence-corrected chi connectivity index (χ1v) is 7.51. The van der Waals surface area contributed by atoms with Crippen molar-refractivity contribution in [3.63, 3.8) is 0 Å². The molecule has 0 aromatic heterocycles. The van der Waals surface area contributed by atoms with E-state index in [9.17, 15) is 9.90 Å². The fourth-order valence-corrected chi connectivity index (χ4v) is 3.58. The van der Waals surface area contributed by atoms with E-state index in [-0.39, 0.29) is 42.1 Å². The number of rotatable bonds is 3. The van der Waals surface area contributed by atoms with E-state index in [1.54, 1.807) is 0 Å². The number of carbonyl (C=O) groups excluding carboxylic acids is 1. The summed E-state index contributed by atoms with van der Waals surface area (Å²) in [5.74, 6) is 0.205. The van der Waals surface area contributed by atoms with E-state index in [2.05, 4.69) is 12.2 Å². The molecule has 2 N–H and O–H groups in total. The van der Waals surface area contributed by atoms with Gasteiger partial charge < -0.3 is 15.2 Å². The first-order valence-electron chi connectivity index (χ1n) is 7.51. The SMILES string of the molecule is CC1CC(C(=O)NC2CCCC2(C)CO)CC(C)O1. The van der Waals surface area contributed by atoms with Crippen LogP contribution >= 0.6 is 0 Å². The van der Waals surface area contributed by atoms with Gasteiger partial charge in [0.2, 0.25) is 5.91 Å². The van der Waals surface area contributed by atoms with Crippen LogP contribution in [0.3, 0.4) is 0 Å². The normalized spacial score (nSPS) is 43.2. The van der Waals surface area contributed by atoms with Gasteiger partial charge in [-0.1, -0.05) is 13.3 Å². The number of amides is 1. The van der Waals surface area contributed by atoms with Crippen molar-refractivity contribution in [1.82, 2.24) is 5.32 Å².